The second-order valence-electron chi connectivity index (χ2n) is 7.87. The first kappa shape index (κ1) is 21.4. The van der Waals surface area contributed by atoms with Crippen LogP contribution in [0.2, 0.25) is 0 Å². The Bertz CT molecular complexity index is 1110. The summed E-state index contributed by atoms with van der Waals surface area (Å²) in [5, 5.41) is 12.1. The molecule has 1 amide bonds. The number of ether oxygens (including phenoxy) is 2. The van der Waals surface area contributed by atoms with Crippen LogP contribution in [-0.4, -0.2) is 36.9 Å². The predicted octanol–water partition coefficient (Wildman–Crippen LogP) is 4.54. The average molecular weight is 431 g/mol. The molecule has 0 radical (unpaired) electrons. The molecule has 0 saturated carbocycles. The van der Waals surface area contributed by atoms with Gasteiger partial charge >= 0.3 is 12.1 Å². The lowest BCUT2D eigenvalue weighted by Crippen LogP contribution is -2.42. The van der Waals surface area contributed by atoms with Crippen molar-refractivity contribution in [1.29, 1.82) is 0 Å². The summed E-state index contributed by atoms with van der Waals surface area (Å²) < 4.78 is 10.8. The van der Waals surface area contributed by atoms with Gasteiger partial charge in [-0.25, -0.2) is 9.59 Å². The number of carboxylic acid groups (broad SMARTS) is 1. The number of nitrogens with one attached hydrogen (secondary N) is 1. The topological polar surface area (TPSA) is 84.9 Å². The molecule has 1 aliphatic carbocycles. The van der Waals surface area contributed by atoms with Gasteiger partial charge in [0.15, 0.2) is 0 Å². The Morgan fingerprint density at radius 3 is 2.22 bits per heavy atom. The van der Waals surface area contributed by atoms with E-state index in [0.717, 1.165) is 33.4 Å². The van der Waals surface area contributed by atoms with Gasteiger partial charge in [0.25, 0.3) is 0 Å². The molecular weight excluding hydrogens is 406 g/mol. The molecule has 0 spiro atoms. The van der Waals surface area contributed by atoms with Crippen molar-refractivity contribution in [2.45, 2.75) is 25.3 Å². The van der Waals surface area contributed by atoms with E-state index in [9.17, 15) is 14.7 Å². The van der Waals surface area contributed by atoms with E-state index in [4.69, 9.17) is 9.47 Å². The fourth-order valence-corrected chi connectivity index (χ4v) is 4.21. The van der Waals surface area contributed by atoms with Gasteiger partial charge in [0.1, 0.15) is 18.4 Å². The molecule has 0 fully saturated rings. The third kappa shape index (κ3) is 4.30. The Labute approximate surface area is 186 Å². The zero-order chi connectivity index (χ0) is 22.7. The van der Waals surface area contributed by atoms with Crippen LogP contribution < -0.4 is 10.1 Å². The second kappa shape index (κ2) is 9.14. The number of carbonyl (C=O) groups excluding carboxylic acids is 1. The van der Waals surface area contributed by atoms with Crippen molar-refractivity contribution in [2.75, 3.05) is 13.7 Å². The number of carboxylic acids is 1. The highest BCUT2D eigenvalue weighted by Crippen LogP contribution is 2.44. The minimum Gasteiger partial charge on any atom is -0.496 e. The van der Waals surface area contributed by atoms with E-state index >= 15 is 0 Å². The molecule has 1 atom stereocenters. The summed E-state index contributed by atoms with van der Waals surface area (Å²) in [5.41, 5.74) is 6.17. The maximum atomic E-state index is 12.5. The lowest BCUT2D eigenvalue weighted by molar-refractivity contribution is -0.139. The summed E-state index contributed by atoms with van der Waals surface area (Å²) in [5.74, 6) is -0.538. The van der Waals surface area contributed by atoms with Crippen LogP contribution in [0.15, 0.2) is 66.7 Å². The van der Waals surface area contributed by atoms with Gasteiger partial charge < -0.3 is 19.9 Å². The second-order valence-corrected chi connectivity index (χ2v) is 7.87. The number of aliphatic carboxylic acids is 1. The number of rotatable bonds is 7. The largest absolute Gasteiger partial charge is 0.496 e. The first-order valence-corrected chi connectivity index (χ1v) is 10.5. The highest BCUT2D eigenvalue weighted by molar-refractivity contribution is 5.81. The fourth-order valence-electron chi connectivity index (χ4n) is 4.21. The maximum Gasteiger partial charge on any atom is 0.407 e. The van der Waals surface area contributed by atoms with Crippen molar-refractivity contribution >= 4 is 12.1 Å². The summed E-state index contributed by atoms with van der Waals surface area (Å²) in [7, 11) is 1.57. The highest BCUT2D eigenvalue weighted by Gasteiger charge is 2.29. The van der Waals surface area contributed by atoms with E-state index in [1.807, 2.05) is 55.5 Å². The fraction of sp³-hybridized carbons (Fsp3) is 0.231. The van der Waals surface area contributed by atoms with Gasteiger partial charge in [0.2, 0.25) is 0 Å². The lowest BCUT2D eigenvalue weighted by Gasteiger charge is -2.18. The lowest BCUT2D eigenvalue weighted by atomic mass is 9.98. The molecule has 0 saturated heterocycles. The zero-order valence-electron chi connectivity index (χ0n) is 18.0. The average Bonchev–Trinajstić information content (AvgIpc) is 3.12. The van der Waals surface area contributed by atoms with Gasteiger partial charge in [0, 0.05) is 12.3 Å². The quantitative estimate of drug-likeness (QED) is 0.574. The van der Waals surface area contributed by atoms with Crippen LogP contribution in [0, 0.1) is 6.92 Å². The molecular formula is C26H25NO5. The summed E-state index contributed by atoms with van der Waals surface area (Å²) in [6.45, 7) is 2.04. The van der Waals surface area contributed by atoms with Crippen LogP contribution >= 0.6 is 0 Å². The van der Waals surface area contributed by atoms with Gasteiger partial charge in [-0.1, -0.05) is 60.7 Å². The number of hydrogen-bond donors (Lipinski definition) is 2. The predicted molar refractivity (Wildman–Crippen MR) is 121 cm³/mol. The first-order chi connectivity index (χ1) is 15.5. The van der Waals surface area contributed by atoms with Gasteiger partial charge in [-0.2, -0.15) is 0 Å². The van der Waals surface area contributed by atoms with Gasteiger partial charge in [0.05, 0.1) is 7.11 Å². The smallest absolute Gasteiger partial charge is 0.407 e. The van der Waals surface area contributed by atoms with E-state index in [-0.39, 0.29) is 18.9 Å². The van der Waals surface area contributed by atoms with Crippen molar-refractivity contribution in [3.8, 4) is 16.9 Å². The van der Waals surface area contributed by atoms with Crippen molar-refractivity contribution in [3.05, 3.63) is 89.0 Å². The minimum atomic E-state index is -1.13. The first-order valence-electron chi connectivity index (χ1n) is 10.5. The van der Waals surface area contributed by atoms with Crippen molar-refractivity contribution < 1.29 is 24.2 Å². The van der Waals surface area contributed by atoms with Crippen LogP contribution in [0.3, 0.4) is 0 Å². The highest BCUT2D eigenvalue weighted by atomic mass is 16.5. The molecule has 0 aromatic heterocycles. The number of benzene rings is 3. The van der Waals surface area contributed by atoms with Crippen LogP contribution in [0.25, 0.3) is 11.1 Å². The molecule has 3 aromatic carbocycles. The van der Waals surface area contributed by atoms with Crippen LogP contribution in [0.4, 0.5) is 4.79 Å². The third-order valence-electron chi connectivity index (χ3n) is 5.85. The van der Waals surface area contributed by atoms with E-state index in [1.54, 1.807) is 13.2 Å². The third-order valence-corrected chi connectivity index (χ3v) is 5.85. The number of alkyl carbamates (subject to hydrolysis) is 1. The molecule has 0 aliphatic heterocycles. The molecule has 1 aliphatic rings. The van der Waals surface area contributed by atoms with Crippen LogP contribution in [0.5, 0.6) is 5.75 Å². The standard InChI is InChI=1S/C26H25NO5/c1-16-11-12-17(14-24(16)31-2)13-23(25(28)29)27-26(30)32-15-22-20-9-5-3-7-18(20)19-8-4-6-10-21(19)22/h3-12,14,22-23H,13,15H2,1-2H3,(H,27,30)(H,28,29)/t23-/m1/s1. The Hall–Kier alpha value is -3.80. The molecule has 164 valence electrons. The molecule has 3 aromatic rings. The number of methoxy groups -OCH3 is 1. The summed E-state index contributed by atoms with van der Waals surface area (Å²) >= 11 is 0. The van der Waals surface area contributed by atoms with E-state index in [1.165, 1.54) is 0 Å². The molecule has 0 unspecified atom stereocenters. The van der Waals surface area contributed by atoms with E-state index < -0.39 is 18.1 Å². The minimum absolute atomic E-state index is 0.0854. The molecule has 6 nitrogen and oxygen atoms in total. The Kier molecular flexibility index (Phi) is 6.12. The molecule has 0 bridgehead atoms. The SMILES string of the molecule is COc1cc(C[C@@H](NC(=O)OCC2c3ccccc3-c3ccccc32)C(=O)O)ccc1C. The molecule has 2 N–H and O–H groups in total. The Balaban J connectivity index is 1.43. The number of amides is 1. The van der Waals surface area contributed by atoms with Crippen molar-refractivity contribution in [2.24, 2.45) is 0 Å². The van der Waals surface area contributed by atoms with E-state index in [2.05, 4.69) is 17.4 Å². The number of hydrogen-bond acceptors (Lipinski definition) is 4. The molecule has 32 heavy (non-hydrogen) atoms. The van der Waals surface area contributed by atoms with Crippen LogP contribution in [0.1, 0.15) is 28.2 Å². The van der Waals surface area contributed by atoms with Crippen molar-refractivity contribution in [3.63, 3.8) is 0 Å². The summed E-state index contributed by atoms with van der Waals surface area (Å²) in [6.07, 6.45) is -0.630. The van der Waals surface area contributed by atoms with E-state index in [0.29, 0.717) is 5.75 Å². The molecule has 0 heterocycles. The monoisotopic (exact) mass is 431 g/mol. The van der Waals surface area contributed by atoms with Gasteiger partial charge in [-0.05, 0) is 46.4 Å². The molecule has 4 rings (SSSR count). The van der Waals surface area contributed by atoms with Gasteiger partial charge in [-0.3, -0.25) is 0 Å². The Morgan fingerprint density at radius 1 is 1.00 bits per heavy atom. The summed E-state index contributed by atoms with van der Waals surface area (Å²) in [4.78, 5) is 24.2. The van der Waals surface area contributed by atoms with Gasteiger partial charge in [-0.15, -0.1) is 0 Å². The summed E-state index contributed by atoms with van der Waals surface area (Å²) in [6, 6.07) is 20.5. The van der Waals surface area contributed by atoms with Crippen molar-refractivity contribution in [1.82, 2.24) is 5.32 Å². The number of aryl methyl sites for hydroxylation is 1. The number of carbonyl (C=O) groups is 2. The number of fused-ring (bicyclic) bond motifs is 3. The zero-order valence-corrected chi connectivity index (χ0v) is 18.0. The van der Waals surface area contributed by atoms with Crippen LogP contribution in [-0.2, 0) is 16.0 Å². The maximum absolute atomic E-state index is 12.5. The molecule has 6 heteroatoms. The Morgan fingerprint density at radius 2 is 1.62 bits per heavy atom. The normalized spacial score (nSPS) is 13.1.